The van der Waals surface area contributed by atoms with Gasteiger partial charge in [0.05, 0.1) is 27.9 Å². The van der Waals surface area contributed by atoms with Crippen molar-refractivity contribution in [2.75, 3.05) is 5.32 Å². The van der Waals surface area contributed by atoms with Crippen LogP contribution in [-0.2, 0) is 24.0 Å². The number of carbonyl (C=O) groups is 1. The largest absolute Gasteiger partial charge is 0.456 e. The summed E-state index contributed by atoms with van der Waals surface area (Å²) in [6, 6.07) is 13.2. The van der Waals surface area contributed by atoms with Crippen LogP contribution in [0.3, 0.4) is 0 Å². The van der Waals surface area contributed by atoms with Crippen molar-refractivity contribution in [2.24, 2.45) is 0 Å². The van der Waals surface area contributed by atoms with Crippen LogP contribution in [0.2, 0.25) is 0 Å². The van der Waals surface area contributed by atoms with Crippen molar-refractivity contribution in [1.29, 1.82) is 0 Å². The number of benzene rings is 2. The van der Waals surface area contributed by atoms with Gasteiger partial charge in [0.15, 0.2) is 0 Å². The van der Waals surface area contributed by atoms with Crippen LogP contribution in [0.1, 0.15) is 59.2 Å². The minimum atomic E-state index is -0.516. The van der Waals surface area contributed by atoms with Crippen molar-refractivity contribution in [1.82, 2.24) is 9.97 Å². The summed E-state index contributed by atoms with van der Waals surface area (Å²) >= 11 is 3.50. The summed E-state index contributed by atoms with van der Waals surface area (Å²) < 4.78 is 6.68. The number of nitro groups is 1. The molecule has 1 aliphatic rings. The van der Waals surface area contributed by atoms with Crippen LogP contribution in [0.4, 0.5) is 11.5 Å². The molecular formula is C25H25BrN4O4. The van der Waals surface area contributed by atoms with Crippen LogP contribution in [0.25, 0.3) is 0 Å². The van der Waals surface area contributed by atoms with Crippen LogP contribution < -0.4 is 5.32 Å². The molecule has 1 N–H and O–H groups in total. The minimum absolute atomic E-state index is 0.0738. The Kier molecular flexibility index (Phi) is 7.21. The third-order valence-electron chi connectivity index (χ3n) is 5.99. The first-order valence-electron chi connectivity index (χ1n) is 11.3. The van der Waals surface area contributed by atoms with E-state index in [1.807, 2.05) is 32.0 Å². The number of nitro benzene ring substituents is 1. The summed E-state index contributed by atoms with van der Waals surface area (Å²) in [5, 5.41) is 14.4. The zero-order valence-corrected chi connectivity index (χ0v) is 20.5. The first kappa shape index (κ1) is 23.8. The van der Waals surface area contributed by atoms with Gasteiger partial charge in [-0.2, -0.15) is 0 Å². The molecule has 3 aromatic rings. The van der Waals surface area contributed by atoms with Crippen LogP contribution in [0, 0.1) is 10.1 Å². The quantitative estimate of drug-likeness (QED) is 0.243. The van der Waals surface area contributed by atoms with E-state index in [-0.39, 0.29) is 17.3 Å². The van der Waals surface area contributed by atoms with Gasteiger partial charge in [0, 0.05) is 12.1 Å². The number of rotatable bonds is 7. The van der Waals surface area contributed by atoms with Crippen molar-refractivity contribution >= 4 is 33.4 Å². The average Bonchev–Trinajstić information content (AvgIpc) is 2.85. The Balaban J connectivity index is 1.65. The first-order chi connectivity index (χ1) is 16.4. The van der Waals surface area contributed by atoms with Gasteiger partial charge in [-0.15, -0.1) is 0 Å². The molecule has 0 saturated heterocycles. The van der Waals surface area contributed by atoms with Crippen molar-refractivity contribution in [3.05, 3.63) is 91.3 Å². The molecule has 1 aliphatic carbocycles. The summed E-state index contributed by atoms with van der Waals surface area (Å²) in [7, 11) is 0. The maximum atomic E-state index is 12.9. The van der Waals surface area contributed by atoms with Gasteiger partial charge in [-0.3, -0.25) is 10.1 Å². The Morgan fingerprint density at radius 1 is 1.12 bits per heavy atom. The molecule has 176 valence electrons. The lowest BCUT2D eigenvalue weighted by Gasteiger charge is -2.34. The SMILES string of the molecule is CCc1nc(N[C@H]2c3ccccc3CC[C@@H]2OC(=O)c2ccc([N+](=O)[O-])cc2)c(CC)nc1Br. The molecular weight excluding hydrogens is 500 g/mol. The highest BCUT2D eigenvalue weighted by Crippen LogP contribution is 2.36. The second kappa shape index (κ2) is 10.3. The maximum Gasteiger partial charge on any atom is 0.338 e. The molecule has 2 atom stereocenters. The normalized spacial score (nSPS) is 17.0. The van der Waals surface area contributed by atoms with E-state index in [0.29, 0.717) is 18.7 Å². The zero-order valence-electron chi connectivity index (χ0n) is 19.0. The standard InChI is InChI=1S/C25H25BrN4O4/c1-3-19-23(26)27-20(4-2)24(28-19)29-22-18-8-6-5-7-15(18)11-14-21(22)34-25(31)16-9-12-17(13-10-16)30(32)33/h5-10,12-13,21-22H,3-4,11,14H2,1-2H3,(H,28,29)/t21-,22-/m0/s1. The molecule has 8 nitrogen and oxygen atoms in total. The predicted molar refractivity (Wildman–Crippen MR) is 132 cm³/mol. The van der Waals surface area contributed by atoms with E-state index >= 15 is 0 Å². The number of hydrogen-bond donors (Lipinski definition) is 1. The number of carbonyl (C=O) groups excluding carboxylic acids is 1. The lowest BCUT2D eigenvalue weighted by atomic mass is 9.85. The number of ether oxygens (including phenoxy) is 1. The molecule has 2 aromatic carbocycles. The second-order valence-electron chi connectivity index (χ2n) is 8.07. The average molecular weight is 525 g/mol. The molecule has 9 heteroatoms. The number of nitrogens with zero attached hydrogens (tertiary/aromatic N) is 3. The molecule has 0 spiro atoms. The van der Waals surface area contributed by atoms with E-state index in [9.17, 15) is 14.9 Å². The fourth-order valence-corrected chi connectivity index (χ4v) is 4.75. The summed E-state index contributed by atoms with van der Waals surface area (Å²) in [4.78, 5) is 32.8. The third-order valence-corrected chi connectivity index (χ3v) is 6.62. The molecule has 0 bridgehead atoms. The Hall–Kier alpha value is -3.33. The number of hydrogen-bond acceptors (Lipinski definition) is 7. The van der Waals surface area contributed by atoms with Gasteiger partial charge < -0.3 is 10.1 Å². The van der Waals surface area contributed by atoms with E-state index in [1.54, 1.807) is 0 Å². The van der Waals surface area contributed by atoms with Gasteiger partial charge >= 0.3 is 5.97 Å². The fourth-order valence-electron chi connectivity index (χ4n) is 4.17. The Morgan fingerprint density at radius 2 is 1.82 bits per heavy atom. The Morgan fingerprint density at radius 3 is 2.50 bits per heavy atom. The highest BCUT2D eigenvalue weighted by molar-refractivity contribution is 9.10. The van der Waals surface area contributed by atoms with Crippen molar-refractivity contribution in [3.8, 4) is 0 Å². The topological polar surface area (TPSA) is 107 Å². The smallest absolute Gasteiger partial charge is 0.338 e. The summed E-state index contributed by atoms with van der Waals surface area (Å²) in [6.45, 7) is 4.04. The lowest BCUT2D eigenvalue weighted by Crippen LogP contribution is -2.35. The first-order valence-corrected chi connectivity index (χ1v) is 12.1. The van der Waals surface area contributed by atoms with Gasteiger partial charge in [0.2, 0.25) is 0 Å². The molecule has 4 rings (SSSR count). The van der Waals surface area contributed by atoms with E-state index < -0.39 is 17.0 Å². The van der Waals surface area contributed by atoms with Gasteiger partial charge in [-0.25, -0.2) is 14.8 Å². The van der Waals surface area contributed by atoms with Gasteiger partial charge in [-0.05, 0) is 64.9 Å². The third kappa shape index (κ3) is 4.94. The van der Waals surface area contributed by atoms with E-state index in [1.165, 1.54) is 29.8 Å². The number of aryl methyl sites for hydroxylation is 3. The van der Waals surface area contributed by atoms with E-state index in [4.69, 9.17) is 9.72 Å². The summed E-state index contributed by atoms with van der Waals surface area (Å²) in [6.07, 6.45) is 2.39. The monoisotopic (exact) mass is 524 g/mol. The molecule has 1 aromatic heterocycles. The van der Waals surface area contributed by atoms with Gasteiger partial charge in [0.25, 0.3) is 5.69 Å². The highest BCUT2D eigenvalue weighted by Gasteiger charge is 2.33. The fraction of sp³-hybridized carbons (Fsp3) is 0.320. The van der Waals surface area contributed by atoms with Crippen LogP contribution in [-0.4, -0.2) is 27.0 Å². The van der Waals surface area contributed by atoms with Gasteiger partial charge in [0.1, 0.15) is 16.5 Å². The Labute approximate surface area is 206 Å². The van der Waals surface area contributed by atoms with Crippen LogP contribution in [0.15, 0.2) is 53.1 Å². The number of esters is 1. The maximum absolute atomic E-state index is 12.9. The van der Waals surface area contributed by atoms with Crippen molar-refractivity contribution in [3.63, 3.8) is 0 Å². The minimum Gasteiger partial charge on any atom is -0.456 e. The number of anilines is 1. The summed E-state index contributed by atoms with van der Waals surface area (Å²) in [5.74, 6) is 0.165. The second-order valence-corrected chi connectivity index (χ2v) is 8.82. The molecule has 0 radical (unpaired) electrons. The van der Waals surface area contributed by atoms with E-state index in [0.717, 1.165) is 34.4 Å². The molecule has 0 saturated carbocycles. The molecule has 34 heavy (non-hydrogen) atoms. The number of halogens is 1. The summed E-state index contributed by atoms with van der Waals surface area (Å²) in [5.41, 5.74) is 4.13. The number of aromatic nitrogens is 2. The number of non-ortho nitro benzene ring substituents is 1. The van der Waals surface area contributed by atoms with E-state index in [2.05, 4.69) is 32.3 Å². The lowest BCUT2D eigenvalue weighted by molar-refractivity contribution is -0.384. The number of nitrogens with one attached hydrogen (secondary N) is 1. The molecule has 0 amide bonds. The molecule has 0 fully saturated rings. The Bertz CT molecular complexity index is 1220. The van der Waals surface area contributed by atoms with Gasteiger partial charge in [-0.1, -0.05) is 38.1 Å². The molecule has 1 heterocycles. The zero-order chi connectivity index (χ0) is 24.2. The number of fused-ring (bicyclic) bond motifs is 1. The molecule has 0 aliphatic heterocycles. The van der Waals surface area contributed by atoms with Crippen molar-refractivity contribution in [2.45, 2.75) is 51.7 Å². The van der Waals surface area contributed by atoms with Crippen molar-refractivity contribution < 1.29 is 14.5 Å². The predicted octanol–water partition coefficient (Wildman–Crippen LogP) is 5.60. The van der Waals surface area contributed by atoms with Crippen LogP contribution >= 0.6 is 15.9 Å². The van der Waals surface area contributed by atoms with Crippen LogP contribution in [0.5, 0.6) is 0 Å². The highest BCUT2D eigenvalue weighted by atomic mass is 79.9. The molecule has 0 unspecified atom stereocenters.